The Bertz CT molecular complexity index is 276. The normalized spacial score (nSPS) is 36.4. The predicted molar refractivity (Wildman–Crippen MR) is 79.0 cm³/mol. The fourth-order valence-electron chi connectivity index (χ4n) is 3.74. The Morgan fingerprint density at radius 1 is 1.11 bits per heavy atom. The topological polar surface area (TPSA) is 43.1 Å². The predicted octanol–water partition coefficient (Wildman–Crippen LogP) is 3.22. The lowest BCUT2D eigenvalue weighted by atomic mass is 9.80. The van der Waals surface area contributed by atoms with E-state index in [0.717, 1.165) is 12.5 Å². The molecule has 2 saturated carbocycles. The average Bonchev–Trinajstić information content (AvgIpc) is 2.46. The number of rotatable bonds is 4. The first kappa shape index (κ1) is 14.5. The first-order chi connectivity index (χ1) is 8.76. The molecule has 18 heavy (non-hydrogen) atoms. The van der Waals surface area contributed by atoms with Crippen LogP contribution in [0.2, 0.25) is 0 Å². The Hall–Kier alpha value is 0.110. The summed E-state index contributed by atoms with van der Waals surface area (Å²) in [5, 5.41) is 0.880. The zero-order valence-corrected chi connectivity index (χ0v) is 12.6. The van der Waals surface area contributed by atoms with Crippen LogP contribution in [0.3, 0.4) is 0 Å². The van der Waals surface area contributed by atoms with Gasteiger partial charge >= 0.3 is 0 Å². The van der Waals surface area contributed by atoms with Crippen LogP contribution in [0.1, 0.15) is 64.7 Å². The van der Waals surface area contributed by atoms with Crippen molar-refractivity contribution in [1.29, 1.82) is 0 Å². The third kappa shape index (κ3) is 3.36. The molecule has 0 saturated heterocycles. The maximum absolute atomic E-state index is 12.8. The van der Waals surface area contributed by atoms with Gasteiger partial charge < -0.3 is 5.73 Å². The number of hydrogen-bond acceptors (Lipinski definition) is 2. The van der Waals surface area contributed by atoms with Gasteiger partial charge in [-0.3, -0.25) is 4.21 Å². The standard InChI is InChI=1S/C15H29NOS/c1-2-12-8-9-13(11-16)15(10-12)18(17)14-6-4-3-5-7-14/h12-15H,2-11,16H2,1H3. The molecule has 3 heteroatoms. The molecule has 106 valence electrons. The summed E-state index contributed by atoms with van der Waals surface area (Å²) in [6.07, 6.45) is 11.2. The summed E-state index contributed by atoms with van der Waals surface area (Å²) in [5.41, 5.74) is 5.91. The van der Waals surface area contributed by atoms with E-state index < -0.39 is 10.8 Å². The molecule has 4 atom stereocenters. The highest BCUT2D eigenvalue weighted by Crippen LogP contribution is 2.36. The third-order valence-corrected chi connectivity index (χ3v) is 7.40. The van der Waals surface area contributed by atoms with E-state index >= 15 is 0 Å². The second-order valence-electron chi connectivity index (χ2n) is 6.21. The van der Waals surface area contributed by atoms with Crippen molar-refractivity contribution in [3.05, 3.63) is 0 Å². The van der Waals surface area contributed by atoms with Gasteiger partial charge in [-0.25, -0.2) is 0 Å². The van der Waals surface area contributed by atoms with Gasteiger partial charge in [0.1, 0.15) is 0 Å². The average molecular weight is 271 g/mol. The summed E-state index contributed by atoms with van der Waals surface area (Å²) < 4.78 is 12.8. The van der Waals surface area contributed by atoms with Gasteiger partial charge in [0, 0.05) is 21.3 Å². The Kier molecular flexibility index (Phi) is 5.68. The molecule has 0 aromatic rings. The molecule has 0 aromatic heterocycles. The fourth-order valence-corrected chi connectivity index (χ4v) is 6.12. The van der Waals surface area contributed by atoms with E-state index in [4.69, 9.17) is 5.73 Å². The highest BCUT2D eigenvalue weighted by molar-refractivity contribution is 7.86. The largest absolute Gasteiger partial charge is 0.330 e. The molecule has 2 fully saturated rings. The van der Waals surface area contributed by atoms with Gasteiger partial charge in [-0.15, -0.1) is 0 Å². The molecule has 2 aliphatic carbocycles. The lowest BCUT2D eigenvalue weighted by Gasteiger charge is -2.37. The Morgan fingerprint density at radius 3 is 2.44 bits per heavy atom. The molecular formula is C15H29NOS. The van der Waals surface area contributed by atoms with E-state index in [1.54, 1.807) is 0 Å². The van der Waals surface area contributed by atoms with Crippen molar-refractivity contribution in [2.75, 3.05) is 6.54 Å². The van der Waals surface area contributed by atoms with E-state index in [2.05, 4.69) is 6.92 Å². The van der Waals surface area contributed by atoms with E-state index in [0.29, 0.717) is 16.4 Å². The minimum absolute atomic E-state index is 0.400. The van der Waals surface area contributed by atoms with Gasteiger partial charge in [-0.2, -0.15) is 0 Å². The summed E-state index contributed by atoms with van der Waals surface area (Å²) in [7, 11) is -0.625. The molecule has 0 radical (unpaired) electrons. The van der Waals surface area contributed by atoms with Gasteiger partial charge in [0.2, 0.25) is 0 Å². The Balaban J connectivity index is 1.99. The highest BCUT2D eigenvalue weighted by Gasteiger charge is 2.36. The molecule has 2 nitrogen and oxygen atoms in total. The number of nitrogens with two attached hydrogens (primary N) is 1. The smallest absolute Gasteiger partial charge is 0.0393 e. The molecule has 0 heterocycles. The lowest BCUT2D eigenvalue weighted by Crippen LogP contribution is -2.41. The Morgan fingerprint density at radius 2 is 1.83 bits per heavy atom. The van der Waals surface area contributed by atoms with Crippen LogP contribution < -0.4 is 5.73 Å². The van der Waals surface area contributed by atoms with Crippen LogP contribution in [0.25, 0.3) is 0 Å². The van der Waals surface area contributed by atoms with Crippen LogP contribution in [0.5, 0.6) is 0 Å². The third-order valence-electron chi connectivity index (χ3n) is 5.10. The molecule has 0 aliphatic heterocycles. The van der Waals surface area contributed by atoms with Crippen LogP contribution in [0.4, 0.5) is 0 Å². The van der Waals surface area contributed by atoms with Crippen LogP contribution in [-0.4, -0.2) is 21.3 Å². The lowest BCUT2D eigenvalue weighted by molar-refractivity contribution is 0.278. The fraction of sp³-hybridized carbons (Fsp3) is 1.00. The van der Waals surface area contributed by atoms with Crippen molar-refractivity contribution in [1.82, 2.24) is 0 Å². The number of hydrogen-bond donors (Lipinski definition) is 1. The van der Waals surface area contributed by atoms with Crippen LogP contribution >= 0.6 is 0 Å². The van der Waals surface area contributed by atoms with Crippen molar-refractivity contribution in [3.8, 4) is 0 Å². The van der Waals surface area contributed by atoms with Crippen LogP contribution in [-0.2, 0) is 10.8 Å². The summed E-state index contributed by atoms with van der Waals surface area (Å²) in [6.45, 7) is 3.01. The first-order valence-corrected chi connectivity index (χ1v) is 9.13. The van der Waals surface area contributed by atoms with Gasteiger partial charge in [-0.1, -0.05) is 39.0 Å². The van der Waals surface area contributed by atoms with Crippen molar-refractivity contribution < 1.29 is 4.21 Å². The van der Waals surface area contributed by atoms with E-state index in [1.807, 2.05) is 0 Å². The molecule has 0 aromatic carbocycles. The maximum atomic E-state index is 12.8. The molecule has 2 N–H and O–H groups in total. The molecular weight excluding hydrogens is 242 g/mol. The molecule has 0 bridgehead atoms. The van der Waals surface area contributed by atoms with Crippen molar-refractivity contribution >= 4 is 10.8 Å². The molecule has 4 unspecified atom stereocenters. The monoisotopic (exact) mass is 271 g/mol. The van der Waals surface area contributed by atoms with Gasteiger partial charge in [0.05, 0.1) is 0 Å². The summed E-state index contributed by atoms with van der Waals surface area (Å²) >= 11 is 0. The maximum Gasteiger partial charge on any atom is 0.0393 e. The zero-order valence-electron chi connectivity index (χ0n) is 11.8. The Labute approximate surface area is 115 Å². The van der Waals surface area contributed by atoms with Gasteiger partial charge in [0.15, 0.2) is 0 Å². The van der Waals surface area contributed by atoms with Gasteiger partial charge in [-0.05, 0) is 44.1 Å². The summed E-state index contributed by atoms with van der Waals surface area (Å²) in [5.74, 6) is 1.32. The molecule has 0 amide bonds. The minimum atomic E-state index is -0.625. The van der Waals surface area contributed by atoms with Gasteiger partial charge in [0.25, 0.3) is 0 Å². The van der Waals surface area contributed by atoms with Crippen molar-refractivity contribution in [3.63, 3.8) is 0 Å². The van der Waals surface area contributed by atoms with E-state index in [9.17, 15) is 4.21 Å². The van der Waals surface area contributed by atoms with Crippen LogP contribution in [0.15, 0.2) is 0 Å². The van der Waals surface area contributed by atoms with Crippen LogP contribution in [0, 0.1) is 11.8 Å². The van der Waals surface area contributed by atoms with Crippen molar-refractivity contribution in [2.24, 2.45) is 17.6 Å². The van der Waals surface area contributed by atoms with E-state index in [1.165, 1.54) is 57.8 Å². The zero-order chi connectivity index (χ0) is 13.0. The quantitative estimate of drug-likeness (QED) is 0.853. The summed E-state index contributed by atoms with van der Waals surface area (Å²) in [6, 6.07) is 0. The molecule has 0 spiro atoms. The second-order valence-corrected chi connectivity index (χ2v) is 8.14. The highest BCUT2D eigenvalue weighted by atomic mass is 32.2. The molecule has 2 aliphatic rings. The van der Waals surface area contributed by atoms with E-state index in [-0.39, 0.29) is 0 Å². The second kappa shape index (κ2) is 7.04. The summed E-state index contributed by atoms with van der Waals surface area (Å²) in [4.78, 5) is 0. The van der Waals surface area contributed by atoms with Crippen molar-refractivity contribution in [2.45, 2.75) is 75.2 Å². The molecule has 2 rings (SSSR count). The minimum Gasteiger partial charge on any atom is -0.330 e. The SMILES string of the molecule is CCC1CCC(CN)C(S(=O)C2CCCCC2)C1. The first-order valence-electron chi connectivity index (χ1n) is 7.85.